The normalized spacial score (nSPS) is 10.1. The zero-order valence-corrected chi connectivity index (χ0v) is 9.53. The quantitative estimate of drug-likeness (QED) is 0.813. The van der Waals surface area contributed by atoms with Crippen LogP contribution in [-0.4, -0.2) is 12.1 Å². The number of aromatic nitrogens is 1. The van der Waals surface area contributed by atoms with Crippen LogP contribution in [0, 0.1) is 0 Å². The summed E-state index contributed by atoms with van der Waals surface area (Å²) < 4.78 is 4.99. The number of hydrogen-bond donors (Lipinski definition) is 1. The first-order valence-corrected chi connectivity index (χ1v) is 5.14. The van der Waals surface area contributed by atoms with Gasteiger partial charge in [0.2, 0.25) is 5.88 Å². The lowest BCUT2D eigenvalue weighted by Crippen LogP contribution is -1.91. The van der Waals surface area contributed by atoms with E-state index in [-0.39, 0.29) is 0 Å². The van der Waals surface area contributed by atoms with Crippen LogP contribution in [0.1, 0.15) is 0 Å². The lowest BCUT2D eigenvalue weighted by Gasteiger charge is -2.06. The third-order valence-corrected chi connectivity index (χ3v) is 2.51. The zero-order chi connectivity index (χ0) is 11.5. The molecule has 0 aliphatic carbocycles. The van der Waals surface area contributed by atoms with Crippen molar-refractivity contribution in [1.29, 1.82) is 0 Å². The first-order valence-electron chi connectivity index (χ1n) is 4.76. The molecule has 1 heterocycles. The predicted molar refractivity (Wildman–Crippen MR) is 65.6 cm³/mol. The molecule has 82 valence electrons. The number of hydrogen-bond acceptors (Lipinski definition) is 3. The number of ether oxygens (including phenoxy) is 1. The summed E-state index contributed by atoms with van der Waals surface area (Å²) in [7, 11) is 1.58. The van der Waals surface area contributed by atoms with Crippen LogP contribution in [0.5, 0.6) is 5.88 Å². The van der Waals surface area contributed by atoms with Crippen molar-refractivity contribution in [2.45, 2.75) is 0 Å². The SMILES string of the molecule is COc1ccc(-c2cc(Cl)ccc2N)cn1. The number of methoxy groups -OCH3 is 1. The number of nitrogens with two attached hydrogens (primary N) is 1. The summed E-state index contributed by atoms with van der Waals surface area (Å²) in [6.45, 7) is 0. The number of benzene rings is 1. The van der Waals surface area contributed by atoms with Gasteiger partial charge in [-0.2, -0.15) is 0 Å². The number of halogens is 1. The fourth-order valence-electron chi connectivity index (χ4n) is 1.44. The summed E-state index contributed by atoms with van der Waals surface area (Å²) in [4.78, 5) is 4.12. The van der Waals surface area contributed by atoms with E-state index < -0.39 is 0 Å². The van der Waals surface area contributed by atoms with Gasteiger partial charge in [-0.3, -0.25) is 0 Å². The second-order valence-corrected chi connectivity index (χ2v) is 3.76. The average molecular weight is 235 g/mol. The van der Waals surface area contributed by atoms with Crippen LogP contribution < -0.4 is 10.5 Å². The fourth-order valence-corrected chi connectivity index (χ4v) is 1.61. The molecule has 0 atom stereocenters. The highest BCUT2D eigenvalue weighted by Crippen LogP contribution is 2.28. The van der Waals surface area contributed by atoms with Crippen molar-refractivity contribution >= 4 is 17.3 Å². The summed E-state index contributed by atoms with van der Waals surface area (Å²) in [5, 5.41) is 0.653. The standard InChI is InChI=1S/C12H11ClN2O/c1-16-12-5-2-8(7-15-12)10-6-9(13)3-4-11(10)14/h2-7H,14H2,1H3. The maximum absolute atomic E-state index is 5.92. The van der Waals surface area contributed by atoms with Gasteiger partial charge < -0.3 is 10.5 Å². The smallest absolute Gasteiger partial charge is 0.212 e. The van der Waals surface area contributed by atoms with Crippen LogP contribution in [0.25, 0.3) is 11.1 Å². The van der Waals surface area contributed by atoms with Gasteiger partial charge in [0, 0.05) is 34.1 Å². The lowest BCUT2D eigenvalue weighted by molar-refractivity contribution is 0.398. The van der Waals surface area contributed by atoms with Crippen molar-refractivity contribution in [1.82, 2.24) is 4.98 Å². The Balaban J connectivity index is 2.45. The molecule has 0 saturated carbocycles. The number of rotatable bonds is 2. The Morgan fingerprint density at radius 3 is 2.69 bits per heavy atom. The molecule has 4 heteroatoms. The second kappa shape index (κ2) is 4.41. The summed E-state index contributed by atoms with van der Waals surface area (Å²) in [6.07, 6.45) is 1.71. The molecule has 1 aromatic heterocycles. The third-order valence-electron chi connectivity index (χ3n) is 2.27. The van der Waals surface area contributed by atoms with Crippen LogP contribution in [0.4, 0.5) is 5.69 Å². The van der Waals surface area contributed by atoms with Gasteiger partial charge in [-0.05, 0) is 24.3 Å². The van der Waals surface area contributed by atoms with E-state index in [2.05, 4.69) is 4.98 Å². The molecular weight excluding hydrogens is 224 g/mol. The molecule has 0 aliphatic heterocycles. The van der Waals surface area contributed by atoms with Gasteiger partial charge in [0.1, 0.15) is 0 Å². The van der Waals surface area contributed by atoms with Crippen LogP contribution >= 0.6 is 11.6 Å². The molecule has 0 aliphatic rings. The summed E-state index contributed by atoms with van der Waals surface area (Å²) in [6, 6.07) is 9.04. The largest absolute Gasteiger partial charge is 0.481 e. The highest BCUT2D eigenvalue weighted by atomic mass is 35.5. The number of pyridine rings is 1. The molecule has 2 N–H and O–H groups in total. The predicted octanol–water partition coefficient (Wildman–Crippen LogP) is 2.99. The second-order valence-electron chi connectivity index (χ2n) is 3.32. The fraction of sp³-hybridized carbons (Fsp3) is 0.0833. The Kier molecular flexibility index (Phi) is 2.97. The molecule has 0 bridgehead atoms. The molecule has 1 aromatic carbocycles. The minimum absolute atomic E-state index is 0.573. The number of nitrogens with zero attached hydrogens (tertiary/aromatic N) is 1. The van der Waals surface area contributed by atoms with Crippen molar-refractivity contribution in [3.05, 3.63) is 41.6 Å². The maximum Gasteiger partial charge on any atom is 0.212 e. The highest BCUT2D eigenvalue weighted by Gasteiger charge is 2.04. The van der Waals surface area contributed by atoms with E-state index in [0.717, 1.165) is 11.1 Å². The van der Waals surface area contributed by atoms with E-state index in [0.29, 0.717) is 16.6 Å². The van der Waals surface area contributed by atoms with Gasteiger partial charge in [0.25, 0.3) is 0 Å². The van der Waals surface area contributed by atoms with E-state index >= 15 is 0 Å². The molecule has 0 saturated heterocycles. The van der Waals surface area contributed by atoms with Gasteiger partial charge in [-0.15, -0.1) is 0 Å². The minimum Gasteiger partial charge on any atom is -0.481 e. The van der Waals surface area contributed by atoms with Crippen molar-refractivity contribution < 1.29 is 4.74 Å². The zero-order valence-electron chi connectivity index (χ0n) is 8.77. The van der Waals surface area contributed by atoms with E-state index in [1.807, 2.05) is 12.1 Å². The van der Waals surface area contributed by atoms with Gasteiger partial charge >= 0.3 is 0 Å². The Labute approximate surface area is 98.8 Å². The first kappa shape index (κ1) is 10.8. The summed E-state index contributed by atoms with van der Waals surface area (Å²) in [5.41, 5.74) is 8.35. The van der Waals surface area contributed by atoms with Crippen LogP contribution in [-0.2, 0) is 0 Å². The summed E-state index contributed by atoms with van der Waals surface area (Å²) in [5.74, 6) is 0.573. The van der Waals surface area contributed by atoms with Gasteiger partial charge in [0.15, 0.2) is 0 Å². The lowest BCUT2D eigenvalue weighted by atomic mass is 10.1. The molecule has 0 unspecified atom stereocenters. The molecule has 3 nitrogen and oxygen atoms in total. The average Bonchev–Trinajstić information content (AvgIpc) is 2.32. The molecular formula is C12H11ClN2O. The van der Waals surface area contributed by atoms with E-state index in [1.54, 1.807) is 31.5 Å². The number of nitrogen functional groups attached to an aromatic ring is 1. The molecule has 2 aromatic rings. The van der Waals surface area contributed by atoms with Gasteiger partial charge in [-0.25, -0.2) is 4.98 Å². The van der Waals surface area contributed by atoms with E-state index in [4.69, 9.17) is 22.1 Å². The van der Waals surface area contributed by atoms with Crippen molar-refractivity contribution in [2.24, 2.45) is 0 Å². The molecule has 0 amide bonds. The Morgan fingerprint density at radius 1 is 1.25 bits per heavy atom. The topological polar surface area (TPSA) is 48.1 Å². The molecule has 0 radical (unpaired) electrons. The van der Waals surface area contributed by atoms with Crippen molar-refractivity contribution in [2.75, 3.05) is 12.8 Å². The highest BCUT2D eigenvalue weighted by molar-refractivity contribution is 6.31. The Hall–Kier alpha value is -1.74. The molecule has 2 rings (SSSR count). The number of anilines is 1. The van der Waals surface area contributed by atoms with Crippen LogP contribution in [0.2, 0.25) is 5.02 Å². The molecule has 0 spiro atoms. The van der Waals surface area contributed by atoms with Gasteiger partial charge in [-0.1, -0.05) is 11.6 Å². The maximum atomic E-state index is 5.92. The first-order chi connectivity index (χ1) is 7.70. The third kappa shape index (κ3) is 2.09. The van der Waals surface area contributed by atoms with Crippen LogP contribution in [0.15, 0.2) is 36.5 Å². The van der Waals surface area contributed by atoms with Crippen molar-refractivity contribution in [3.8, 4) is 17.0 Å². The molecule has 16 heavy (non-hydrogen) atoms. The van der Waals surface area contributed by atoms with Crippen molar-refractivity contribution in [3.63, 3.8) is 0 Å². The minimum atomic E-state index is 0.573. The Morgan fingerprint density at radius 2 is 2.06 bits per heavy atom. The van der Waals surface area contributed by atoms with E-state index in [1.165, 1.54) is 0 Å². The molecule has 0 fully saturated rings. The monoisotopic (exact) mass is 234 g/mol. The van der Waals surface area contributed by atoms with Gasteiger partial charge in [0.05, 0.1) is 7.11 Å². The summed E-state index contributed by atoms with van der Waals surface area (Å²) >= 11 is 5.92. The van der Waals surface area contributed by atoms with Crippen LogP contribution in [0.3, 0.4) is 0 Å². The Bertz CT molecular complexity index is 497. The van der Waals surface area contributed by atoms with E-state index in [9.17, 15) is 0 Å².